The second-order valence-electron chi connectivity index (χ2n) is 5.22. The van der Waals surface area contributed by atoms with Gasteiger partial charge in [-0.15, -0.1) is 0 Å². The number of carbonyl (C=O) groups excluding carboxylic acids is 1. The molecular weight excluding hydrogens is 244 g/mol. The zero-order valence-corrected chi connectivity index (χ0v) is 11.6. The Morgan fingerprint density at radius 2 is 1.95 bits per heavy atom. The molecular formula is C15H20O4. The van der Waals surface area contributed by atoms with Crippen molar-refractivity contribution in [2.45, 2.75) is 31.8 Å². The largest absolute Gasteiger partial charge is 0.491 e. The number of methoxy groups -OCH3 is 1. The van der Waals surface area contributed by atoms with Crippen molar-refractivity contribution in [1.29, 1.82) is 0 Å². The average molecular weight is 264 g/mol. The zero-order valence-electron chi connectivity index (χ0n) is 11.6. The van der Waals surface area contributed by atoms with Gasteiger partial charge in [-0.2, -0.15) is 0 Å². The van der Waals surface area contributed by atoms with Crippen molar-refractivity contribution in [3.05, 3.63) is 29.8 Å². The molecule has 0 atom stereocenters. The Bertz CT molecular complexity index is 432. The van der Waals surface area contributed by atoms with Gasteiger partial charge >= 0.3 is 5.97 Å². The monoisotopic (exact) mass is 264 g/mol. The maximum Gasteiger partial charge on any atom is 0.306 e. The standard InChI is InChI=1S/C15H20O4/c1-11(2)19-13-6-4-12(5-7-13)15(9-18-10-15)8-14(16)17-3/h4-7,11H,8-10H2,1-3H3. The van der Waals surface area contributed by atoms with Crippen LogP contribution in [0.1, 0.15) is 25.8 Å². The summed E-state index contributed by atoms with van der Waals surface area (Å²) in [5, 5.41) is 0. The highest BCUT2D eigenvalue weighted by atomic mass is 16.5. The van der Waals surface area contributed by atoms with Crippen molar-refractivity contribution >= 4 is 5.97 Å². The molecule has 0 amide bonds. The summed E-state index contributed by atoms with van der Waals surface area (Å²) in [6.07, 6.45) is 0.510. The SMILES string of the molecule is COC(=O)CC1(c2ccc(OC(C)C)cc2)COC1. The summed E-state index contributed by atoms with van der Waals surface area (Å²) < 4.78 is 15.7. The van der Waals surface area contributed by atoms with Crippen molar-refractivity contribution in [2.24, 2.45) is 0 Å². The summed E-state index contributed by atoms with van der Waals surface area (Å²) in [6.45, 7) is 5.11. The molecule has 1 aliphatic rings. The topological polar surface area (TPSA) is 44.8 Å². The van der Waals surface area contributed by atoms with Crippen LogP contribution in [0, 0.1) is 0 Å². The molecule has 1 aliphatic heterocycles. The smallest absolute Gasteiger partial charge is 0.306 e. The Kier molecular flexibility index (Phi) is 4.10. The number of rotatable bonds is 5. The van der Waals surface area contributed by atoms with E-state index in [-0.39, 0.29) is 17.5 Å². The highest BCUT2D eigenvalue weighted by Gasteiger charge is 2.42. The van der Waals surface area contributed by atoms with Crippen molar-refractivity contribution in [1.82, 2.24) is 0 Å². The van der Waals surface area contributed by atoms with E-state index in [4.69, 9.17) is 14.2 Å². The molecule has 0 aliphatic carbocycles. The third kappa shape index (κ3) is 3.07. The summed E-state index contributed by atoms with van der Waals surface area (Å²) in [7, 11) is 1.41. The number of esters is 1. The lowest BCUT2D eigenvalue weighted by atomic mass is 9.76. The van der Waals surface area contributed by atoms with Gasteiger partial charge in [0.1, 0.15) is 5.75 Å². The van der Waals surface area contributed by atoms with Crippen LogP contribution in [0.25, 0.3) is 0 Å². The average Bonchev–Trinajstić information content (AvgIpc) is 2.34. The van der Waals surface area contributed by atoms with Crippen LogP contribution < -0.4 is 4.74 Å². The van der Waals surface area contributed by atoms with E-state index >= 15 is 0 Å². The van der Waals surface area contributed by atoms with Crippen LogP contribution in [-0.4, -0.2) is 32.4 Å². The number of ether oxygens (including phenoxy) is 3. The van der Waals surface area contributed by atoms with Gasteiger partial charge in [0.05, 0.1) is 38.3 Å². The molecule has 104 valence electrons. The van der Waals surface area contributed by atoms with Crippen LogP contribution in [0.4, 0.5) is 0 Å². The number of benzene rings is 1. The molecule has 19 heavy (non-hydrogen) atoms. The molecule has 4 nitrogen and oxygen atoms in total. The predicted octanol–water partition coefficient (Wildman–Crippen LogP) is 2.30. The van der Waals surface area contributed by atoms with Crippen LogP contribution >= 0.6 is 0 Å². The van der Waals surface area contributed by atoms with E-state index in [2.05, 4.69) is 0 Å². The molecule has 0 saturated carbocycles. The molecule has 0 N–H and O–H groups in total. The molecule has 0 aromatic heterocycles. The van der Waals surface area contributed by atoms with E-state index in [1.807, 2.05) is 38.1 Å². The van der Waals surface area contributed by atoms with Gasteiger partial charge in [-0.3, -0.25) is 4.79 Å². The summed E-state index contributed by atoms with van der Waals surface area (Å²) >= 11 is 0. The molecule has 0 spiro atoms. The third-order valence-corrected chi connectivity index (χ3v) is 3.31. The maximum absolute atomic E-state index is 11.5. The molecule has 0 radical (unpaired) electrons. The number of hydrogen-bond acceptors (Lipinski definition) is 4. The minimum Gasteiger partial charge on any atom is -0.491 e. The molecule has 1 aromatic carbocycles. The molecule has 1 aromatic rings. The maximum atomic E-state index is 11.5. The fraction of sp³-hybridized carbons (Fsp3) is 0.533. The van der Waals surface area contributed by atoms with E-state index in [0.717, 1.165) is 11.3 Å². The first-order valence-electron chi connectivity index (χ1n) is 6.47. The summed E-state index contributed by atoms with van der Waals surface area (Å²) in [5.74, 6) is 0.637. The van der Waals surface area contributed by atoms with Crippen molar-refractivity contribution in [2.75, 3.05) is 20.3 Å². The van der Waals surface area contributed by atoms with Crippen LogP contribution in [0.2, 0.25) is 0 Å². The van der Waals surface area contributed by atoms with Gasteiger partial charge in [0.25, 0.3) is 0 Å². The first kappa shape index (κ1) is 13.9. The molecule has 4 heteroatoms. The van der Waals surface area contributed by atoms with Crippen LogP contribution in [-0.2, 0) is 19.7 Å². The quantitative estimate of drug-likeness (QED) is 0.765. The van der Waals surface area contributed by atoms with Crippen LogP contribution in [0.5, 0.6) is 5.75 Å². The lowest BCUT2D eigenvalue weighted by molar-refractivity contribution is -0.148. The molecule has 1 fully saturated rings. The summed E-state index contributed by atoms with van der Waals surface area (Å²) in [6, 6.07) is 7.88. The Hall–Kier alpha value is -1.55. The highest BCUT2D eigenvalue weighted by molar-refractivity contribution is 5.71. The van der Waals surface area contributed by atoms with E-state index in [9.17, 15) is 4.79 Å². The van der Waals surface area contributed by atoms with Crippen molar-refractivity contribution in [3.8, 4) is 5.75 Å². The summed E-state index contributed by atoms with van der Waals surface area (Å²) in [5.41, 5.74) is 0.865. The minimum atomic E-state index is -0.233. The van der Waals surface area contributed by atoms with Crippen LogP contribution in [0.15, 0.2) is 24.3 Å². The molecule has 2 rings (SSSR count). The van der Waals surface area contributed by atoms with Crippen molar-refractivity contribution in [3.63, 3.8) is 0 Å². The zero-order chi connectivity index (χ0) is 13.9. The van der Waals surface area contributed by atoms with Gasteiger partial charge in [-0.1, -0.05) is 12.1 Å². The molecule has 0 unspecified atom stereocenters. The van der Waals surface area contributed by atoms with E-state index in [1.165, 1.54) is 7.11 Å². The normalized spacial score (nSPS) is 16.8. The summed E-state index contributed by atoms with van der Waals surface area (Å²) in [4.78, 5) is 11.5. The van der Waals surface area contributed by atoms with Gasteiger partial charge < -0.3 is 14.2 Å². The molecule has 1 heterocycles. The van der Waals surface area contributed by atoms with E-state index in [0.29, 0.717) is 19.6 Å². The second kappa shape index (κ2) is 5.61. The lowest BCUT2D eigenvalue weighted by Crippen LogP contribution is -2.48. The molecule has 0 bridgehead atoms. The van der Waals surface area contributed by atoms with Gasteiger partial charge in [0, 0.05) is 0 Å². The van der Waals surface area contributed by atoms with Crippen molar-refractivity contribution < 1.29 is 19.0 Å². The number of carbonyl (C=O) groups is 1. The second-order valence-corrected chi connectivity index (χ2v) is 5.22. The fourth-order valence-electron chi connectivity index (χ4n) is 2.23. The Balaban J connectivity index is 2.13. The van der Waals surface area contributed by atoms with Gasteiger partial charge in [-0.25, -0.2) is 0 Å². The van der Waals surface area contributed by atoms with Crippen LogP contribution in [0.3, 0.4) is 0 Å². The Morgan fingerprint density at radius 3 is 2.37 bits per heavy atom. The molecule has 1 saturated heterocycles. The van der Waals surface area contributed by atoms with E-state index < -0.39 is 0 Å². The fourth-order valence-corrected chi connectivity index (χ4v) is 2.23. The Labute approximate surface area is 113 Å². The third-order valence-electron chi connectivity index (χ3n) is 3.31. The van der Waals surface area contributed by atoms with E-state index in [1.54, 1.807) is 0 Å². The predicted molar refractivity (Wildman–Crippen MR) is 71.3 cm³/mol. The minimum absolute atomic E-state index is 0.155. The van der Waals surface area contributed by atoms with Gasteiger partial charge in [0.2, 0.25) is 0 Å². The highest BCUT2D eigenvalue weighted by Crippen LogP contribution is 2.36. The number of hydrogen-bond donors (Lipinski definition) is 0. The first-order valence-corrected chi connectivity index (χ1v) is 6.47. The Morgan fingerprint density at radius 1 is 1.32 bits per heavy atom. The first-order chi connectivity index (χ1) is 9.05. The van der Waals surface area contributed by atoms with Gasteiger partial charge in [-0.05, 0) is 31.5 Å². The van der Waals surface area contributed by atoms with Gasteiger partial charge in [0.15, 0.2) is 0 Å². The lowest BCUT2D eigenvalue weighted by Gasteiger charge is -2.41.